The SMILES string of the molecule is CSCC(N)Cc1ccc(F)cc1F. The van der Waals surface area contributed by atoms with Crippen LogP contribution < -0.4 is 5.73 Å². The summed E-state index contributed by atoms with van der Waals surface area (Å²) < 4.78 is 25.7. The first-order valence-electron chi connectivity index (χ1n) is 4.32. The van der Waals surface area contributed by atoms with Crippen molar-refractivity contribution in [2.75, 3.05) is 12.0 Å². The minimum atomic E-state index is -0.551. The second-order valence-electron chi connectivity index (χ2n) is 3.16. The van der Waals surface area contributed by atoms with Crippen LogP contribution in [0.1, 0.15) is 5.56 Å². The zero-order valence-electron chi connectivity index (χ0n) is 7.97. The molecule has 0 saturated heterocycles. The number of thioether (sulfide) groups is 1. The molecule has 0 radical (unpaired) electrons. The zero-order valence-corrected chi connectivity index (χ0v) is 8.78. The Morgan fingerprint density at radius 2 is 2.14 bits per heavy atom. The van der Waals surface area contributed by atoms with Gasteiger partial charge in [0.1, 0.15) is 11.6 Å². The standard InChI is InChI=1S/C10H13F2NS/c1-14-6-9(13)4-7-2-3-8(11)5-10(7)12/h2-3,5,9H,4,6,13H2,1H3. The van der Waals surface area contributed by atoms with Crippen molar-refractivity contribution < 1.29 is 8.78 Å². The highest BCUT2D eigenvalue weighted by Crippen LogP contribution is 2.12. The summed E-state index contributed by atoms with van der Waals surface area (Å²) >= 11 is 1.62. The fraction of sp³-hybridized carbons (Fsp3) is 0.400. The second-order valence-corrected chi connectivity index (χ2v) is 4.07. The van der Waals surface area contributed by atoms with Crippen molar-refractivity contribution in [3.8, 4) is 0 Å². The minimum absolute atomic E-state index is 0.0787. The van der Waals surface area contributed by atoms with Crippen LogP contribution in [0.2, 0.25) is 0 Å². The molecule has 0 saturated carbocycles. The lowest BCUT2D eigenvalue weighted by Crippen LogP contribution is -2.25. The molecule has 0 aliphatic heterocycles. The lowest BCUT2D eigenvalue weighted by Gasteiger charge is -2.10. The van der Waals surface area contributed by atoms with Gasteiger partial charge in [0.2, 0.25) is 0 Å². The van der Waals surface area contributed by atoms with Gasteiger partial charge in [-0.2, -0.15) is 11.8 Å². The van der Waals surface area contributed by atoms with Crippen LogP contribution in [-0.2, 0) is 6.42 Å². The molecular formula is C10H13F2NS. The van der Waals surface area contributed by atoms with Crippen LogP contribution in [0.4, 0.5) is 8.78 Å². The molecule has 0 aliphatic rings. The molecule has 1 unspecified atom stereocenters. The van der Waals surface area contributed by atoms with Gasteiger partial charge in [-0.1, -0.05) is 6.07 Å². The lowest BCUT2D eigenvalue weighted by molar-refractivity contribution is 0.565. The van der Waals surface area contributed by atoms with Crippen LogP contribution in [0.25, 0.3) is 0 Å². The highest BCUT2D eigenvalue weighted by molar-refractivity contribution is 7.98. The molecule has 0 spiro atoms. The van der Waals surface area contributed by atoms with Crippen LogP contribution in [0.5, 0.6) is 0 Å². The number of rotatable bonds is 4. The van der Waals surface area contributed by atoms with E-state index in [2.05, 4.69) is 0 Å². The largest absolute Gasteiger partial charge is 0.327 e. The van der Waals surface area contributed by atoms with E-state index in [0.717, 1.165) is 11.8 Å². The number of benzene rings is 1. The maximum atomic E-state index is 13.1. The predicted octanol–water partition coefficient (Wildman–Crippen LogP) is 2.20. The number of halogens is 2. The molecular weight excluding hydrogens is 204 g/mol. The van der Waals surface area contributed by atoms with E-state index in [1.165, 1.54) is 12.1 Å². The van der Waals surface area contributed by atoms with Crippen LogP contribution >= 0.6 is 11.8 Å². The van der Waals surface area contributed by atoms with E-state index in [9.17, 15) is 8.78 Å². The topological polar surface area (TPSA) is 26.0 Å². The van der Waals surface area contributed by atoms with Crippen LogP contribution in [0.15, 0.2) is 18.2 Å². The van der Waals surface area contributed by atoms with Crippen molar-refractivity contribution in [3.05, 3.63) is 35.4 Å². The van der Waals surface area contributed by atoms with Crippen molar-refractivity contribution in [3.63, 3.8) is 0 Å². The van der Waals surface area contributed by atoms with Crippen molar-refractivity contribution >= 4 is 11.8 Å². The second kappa shape index (κ2) is 5.32. The van der Waals surface area contributed by atoms with Gasteiger partial charge >= 0.3 is 0 Å². The monoisotopic (exact) mass is 217 g/mol. The molecule has 4 heteroatoms. The van der Waals surface area contributed by atoms with E-state index in [4.69, 9.17) is 5.73 Å². The third-order valence-corrected chi connectivity index (χ3v) is 2.64. The lowest BCUT2D eigenvalue weighted by atomic mass is 10.1. The maximum absolute atomic E-state index is 13.1. The summed E-state index contributed by atoms with van der Waals surface area (Å²) in [6, 6.07) is 3.51. The summed E-state index contributed by atoms with van der Waals surface area (Å²) in [7, 11) is 0. The molecule has 1 aromatic carbocycles. The maximum Gasteiger partial charge on any atom is 0.129 e. The number of nitrogens with two attached hydrogens (primary N) is 1. The Morgan fingerprint density at radius 3 is 2.71 bits per heavy atom. The minimum Gasteiger partial charge on any atom is -0.327 e. The normalized spacial score (nSPS) is 12.9. The Morgan fingerprint density at radius 1 is 1.43 bits per heavy atom. The fourth-order valence-corrected chi connectivity index (χ4v) is 1.79. The van der Waals surface area contributed by atoms with Gasteiger partial charge in [-0.05, 0) is 24.3 Å². The third-order valence-electron chi connectivity index (χ3n) is 1.88. The van der Waals surface area contributed by atoms with E-state index < -0.39 is 11.6 Å². The summed E-state index contributed by atoms with van der Waals surface area (Å²) in [5.74, 6) is -0.289. The molecule has 0 heterocycles. The average Bonchev–Trinajstić information content (AvgIpc) is 2.10. The fourth-order valence-electron chi connectivity index (χ4n) is 1.24. The zero-order chi connectivity index (χ0) is 10.6. The number of hydrogen-bond acceptors (Lipinski definition) is 2. The van der Waals surface area contributed by atoms with Crippen molar-refractivity contribution in [2.24, 2.45) is 5.73 Å². The summed E-state index contributed by atoms with van der Waals surface area (Å²) in [6.07, 6.45) is 2.40. The molecule has 1 aromatic rings. The quantitative estimate of drug-likeness (QED) is 0.836. The van der Waals surface area contributed by atoms with E-state index >= 15 is 0 Å². The molecule has 1 nitrogen and oxygen atoms in total. The molecule has 2 N–H and O–H groups in total. The Hall–Kier alpha value is -0.610. The van der Waals surface area contributed by atoms with E-state index in [1.807, 2.05) is 6.26 Å². The van der Waals surface area contributed by atoms with Gasteiger partial charge in [-0.15, -0.1) is 0 Å². The molecule has 0 amide bonds. The van der Waals surface area contributed by atoms with Crippen LogP contribution in [-0.4, -0.2) is 18.1 Å². The van der Waals surface area contributed by atoms with Crippen molar-refractivity contribution in [2.45, 2.75) is 12.5 Å². The van der Waals surface area contributed by atoms with Gasteiger partial charge < -0.3 is 5.73 Å². The molecule has 1 atom stereocenters. The van der Waals surface area contributed by atoms with Gasteiger partial charge in [0.05, 0.1) is 0 Å². The van der Waals surface area contributed by atoms with Crippen molar-refractivity contribution in [1.82, 2.24) is 0 Å². The number of hydrogen-bond donors (Lipinski definition) is 1. The molecule has 14 heavy (non-hydrogen) atoms. The first kappa shape index (κ1) is 11.5. The van der Waals surface area contributed by atoms with Gasteiger partial charge in [-0.25, -0.2) is 8.78 Å². The van der Waals surface area contributed by atoms with E-state index in [0.29, 0.717) is 12.0 Å². The molecule has 0 aliphatic carbocycles. The molecule has 0 aromatic heterocycles. The molecule has 0 fully saturated rings. The van der Waals surface area contributed by atoms with E-state index in [-0.39, 0.29) is 6.04 Å². The van der Waals surface area contributed by atoms with Gasteiger partial charge in [-0.3, -0.25) is 0 Å². The van der Waals surface area contributed by atoms with Gasteiger partial charge in [0.25, 0.3) is 0 Å². The molecule has 1 rings (SSSR count). The summed E-state index contributed by atoms with van der Waals surface area (Å²) in [5, 5.41) is 0. The Balaban J connectivity index is 2.67. The van der Waals surface area contributed by atoms with Crippen LogP contribution in [0, 0.1) is 11.6 Å². The molecule has 78 valence electrons. The highest BCUT2D eigenvalue weighted by Gasteiger charge is 2.08. The van der Waals surface area contributed by atoms with E-state index in [1.54, 1.807) is 11.8 Å². The first-order valence-corrected chi connectivity index (χ1v) is 5.71. The van der Waals surface area contributed by atoms with Gasteiger partial charge in [0, 0.05) is 17.9 Å². The summed E-state index contributed by atoms with van der Waals surface area (Å²) in [5.41, 5.74) is 6.22. The smallest absolute Gasteiger partial charge is 0.129 e. The average molecular weight is 217 g/mol. The highest BCUT2D eigenvalue weighted by atomic mass is 32.2. The Labute approximate surface area is 86.7 Å². The Kier molecular flexibility index (Phi) is 4.35. The predicted molar refractivity (Wildman–Crippen MR) is 56.4 cm³/mol. The molecule has 0 bridgehead atoms. The van der Waals surface area contributed by atoms with Gasteiger partial charge in [0.15, 0.2) is 0 Å². The van der Waals surface area contributed by atoms with Crippen LogP contribution in [0.3, 0.4) is 0 Å². The third kappa shape index (κ3) is 3.27. The summed E-state index contributed by atoms with van der Waals surface area (Å²) in [4.78, 5) is 0. The summed E-state index contributed by atoms with van der Waals surface area (Å²) in [6.45, 7) is 0. The first-order chi connectivity index (χ1) is 6.63. The van der Waals surface area contributed by atoms with Crippen molar-refractivity contribution in [1.29, 1.82) is 0 Å². The Bertz CT molecular complexity index is 304.